The average molecular weight is 213 g/mol. The van der Waals surface area contributed by atoms with Gasteiger partial charge in [0.15, 0.2) is 0 Å². The summed E-state index contributed by atoms with van der Waals surface area (Å²) < 4.78 is 5.40. The van der Waals surface area contributed by atoms with Gasteiger partial charge < -0.3 is 9.84 Å². The minimum absolute atomic E-state index is 0.298. The molecule has 1 saturated carbocycles. The quantitative estimate of drug-likeness (QED) is 0.751. The molecule has 2 bridgehead atoms. The van der Waals surface area contributed by atoms with E-state index in [0.29, 0.717) is 24.4 Å². The lowest BCUT2D eigenvalue weighted by atomic mass is 9.67. The number of carbonyl (C=O) groups is 1. The van der Waals surface area contributed by atoms with Gasteiger partial charge in [-0.25, -0.2) is 0 Å². The lowest BCUT2D eigenvalue weighted by Gasteiger charge is -2.53. The molecule has 3 rings (SSSR count). The first-order chi connectivity index (χ1) is 7.17. The molecule has 2 saturated heterocycles. The van der Waals surface area contributed by atoms with Gasteiger partial charge in [-0.1, -0.05) is 6.92 Å². The van der Waals surface area contributed by atoms with Gasteiger partial charge in [0, 0.05) is 20.2 Å². The van der Waals surface area contributed by atoms with Crippen LogP contribution in [0.3, 0.4) is 0 Å². The number of hydrogen-bond acceptors (Lipinski definition) is 3. The van der Waals surface area contributed by atoms with E-state index in [1.54, 1.807) is 7.11 Å². The molecule has 0 aromatic carbocycles. The first-order valence-electron chi connectivity index (χ1n) is 5.67. The van der Waals surface area contributed by atoms with Crippen LogP contribution in [0.2, 0.25) is 0 Å². The molecule has 0 amide bonds. The fourth-order valence-corrected chi connectivity index (χ4v) is 3.11. The first kappa shape index (κ1) is 10.9. The monoisotopic (exact) mass is 213 g/mol. The molecule has 3 fully saturated rings. The molecular formula is C11H19NO3. The van der Waals surface area contributed by atoms with Gasteiger partial charge in [0.2, 0.25) is 0 Å². The van der Waals surface area contributed by atoms with Crippen LogP contribution >= 0.6 is 0 Å². The second-order valence-corrected chi connectivity index (χ2v) is 4.67. The molecule has 2 aliphatic heterocycles. The Kier molecular flexibility index (Phi) is 2.98. The number of carboxylic acids is 1. The van der Waals surface area contributed by atoms with E-state index >= 15 is 0 Å². The van der Waals surface area contributed by atoms with Gasteiger partial charge >= 0.3 is 5.97 Å². The van der Waals surface area contributed by atoms with Crippen LogP contribution in [0, 0.1) is 11.8 Å². The highest BCUT2D eigenvalue weighted by molar-refractivity contribution is 5.73. The Bertz CT molecular complexity index is 244. The van der Waals surface area contributed by atoms with Crippen molar-refractivity contribution in [1.82, 2.24) is 4.90 Å². The predicted molar refractivity (Wildman–Crippen MR) is 55.7 cm³/mol. The fraction of sp³-hybridized carbons (Fsp3) is 0.909. The first-order valence-corrected chi connectivity index (χ1v) is 5.67. The van der Waals surface area contributed by atoms with Gasteiger partial charge in [-0.05, 0) is 24.7 Å². The molecule has 86 valence electrons. The largest absolute Gasteiger partial charge is 0.480 e. The molecule has 3 atom stereocenters. The van der Waals surface area contributed by atoms with Crippen LogP contribution in [-0.2, 0) is 9.53 Å². The highest BCUT2D eigenvalue weighted by Gasteiger charge is 2.48. The van der Waals surface area contributed by atoms with Crippen LogP contribution in [0.5, 0.6) is 0 Å². The van der Waals surface area contributed by atoms with Crippen molar-refractivity contribution < 1.29 is 14.6 Å². The molecule has 0 spiro atoms. The Hall–Kier alpha value is -0.610. The number of methoxy groups -OCH3 is 1. The summed E-state index contributed by atoms with van der Waals surface area (Å²) in [5.41, 5.74) is 0. The van der Waals surface area contributed by atoms with E-state index in [0.717, 1.165) is 13.1 Å². The SMILES string of the molecule is CCC(C(=O)O)N1CC2CC(C1)C2OC. The third-order valence-electron chi connectivity index (χ3n) is 3.86. The standard InChI is InChI=1S/C11H19NO3/c1-3-9(11(13)14)12-5-7-4-8(6-12)10(7)15-2/h7-10H,3-6H2,1-2H3,(H,13,14). The molecule has 1 N–H and O–H groups in total. The summed E-state index contributed by atoms with van der Waals surface area (Å²) in [4.78, 5) is 13.1. The summed E-state index contributed by atoms with van der Waals surface area (Å²) >= 11 is 0. The average Bonchev–Trinajstić information content (AvgIpc) is 2.18. The third kappa shape index (κ3) is 1.76. The molecule has 3 aliphatic rings. The molecule has 1 aliphatic carbocycles. The highest BCUT2D eigenvalue weighted by atomic mass is 16.5. The van der Waals surface area contributed by atoms with Gasteiger partial charge in [-0.2, -0.15) is 0 Å². The number of carboxylic acid groups (broad SMARTS) is 1. The maximum atomic E-state index is 11.0. The molecule has 0 aromatic heterocycles. The van der Waals surface area contributed by atoms with Gasteiger partial charge in [0.25, 0.3) is 0 Å². The highest BCUT2D eigenvalue weighted by Crippen LogP contribution is 2.42. The van der Waals surface area contributed by atoms with E-state index < -0.39 is 5.97 Å². The number of piperidine rings is 2. The van der Waals surface area contributed by atoms with Gasteiger partial charge in [-0.3, -0.25) is 9.69 Å². The van der Waals surface area contributed by atoms with Crippen molar-refractivity contribution in [3.63, 3.8) is 0 Å². The Morgan fingerprint density at radius 2 is 2.13 bits per heavy atom. The van der Waals surface area contributed by atoms with Crippen LogP contribution in [-0.4, -0.2) is 48.3 Å². The Morgan fingerprint density at radius 3 is 2.53 bits per heavy atom. The molecule has 0 aromatic rings. The maximum Gasteiger partial charge on any atom is 0.320 e. The topological polar surface area (TPSA) is 49.8 Å². The number of nitrogens with zero attached hydrogens (tertiary/aromatic N) is 1. The van der Waals surface area contributed by atoms with Gasteiger partial charge in [0.1, 0.15) is 6.04 Å². The number of ether oxygens (including phenoxy) is 1. The molecular weight excluding hydrogens is 194 g/mol. The summed E-state index contributed by atoms with van der Waals surface area (Å²) in [6.07, 6.45) is 2.28. The van der Waals surface area contributed by atoms with Crippen molar-refractivity contribution in [3.8, 4) is 0 Å². The zero-order valence-corrected chi connectivity index (χ0v) is 9.35. The maximum absolute atomic E-state index is 11.0. The van der Waals surface area contributed by atoms with Crippen LogP contribution in [0.25, 0.3) is 0 Å². The molecule has 0 radical (unpaired) electrons. The second-order valence-electron chi connectivity index (χ2n) is 4.67. The number of rotatable bonds is 4. The molecule has 4 heteroatoms. The van der Waals surface area contributed by atoms with E-state index in [2.05, 4.69) is 4.90 Å². The van der Waals surface area contributed by atoms with E-state index in [4.69, 9.17) is 9.84 Å². The van der Waals surface area contributed by atoms with E-state index in [-0.39, 0.29) is 6.04 Å². The lowest BCUT2D eigenvalue weighted by Crippen LogP contribution is -2.62. The van der Waals surface area contributed by atoms with E-state index in [9.17, 15) is 4.79 Å². The molecule has 2 heterocycles. The van der Waals surface area contributed by atoms with Crippen molar-refractivity contribution in [1.29, 1.82) is 0 Å². The smallest absolute Gasteiger partial charge is 0.320 e. The summed E-state index contributed by atoms with van der Waals surface area (Å²) in [5.74, 6) is 0.428. The van der Waals surface area contributed by atoms with E-state index in [1.807, 2.05) is 6.92 Å². The molecule has 4 nitrogen and oxygen atoms in total. The Balaban J connectivity index is 1.95. The van der Waals surface area contributed by atoms with Crippen LogP contribution in [0.4, 0.5) is 0 Å². The van der Waals surface area contributed by atoms with Crippen molar-refractivity contribution >= 4 is 5.97 Å². The minimum Gasteiger partial charge on any atom is -0.480 e. The number of hydrogen-bond donors (Lipinski definition) is 1. The zero-order chi connectivity index (χ0) is 11.0. The van der Waals surface area contributed by atoms with Crippen molar-refractivity contribution in [3.05, 3.63) is 0 Å². The number of aliphatic carboxylic acids is 1. The zero-order valence-electron chi connectivity index (χ0n) is 9.35. The van der Waals surface area contributed by atoms with Crippen molar-refractivity contribution in [2.24, 2.45) is 11.8 Å². The summed E-state index contributed by atoms with van der Waals surface area (Å²) in [7, 11) is 1.76. The van der Waals surface area contributed by atoms with Gasteiger partial charge in [-0.15, -0.1) is 0 Å². The Labute approximate surface area is 90.2 Å². The summed E-state index contributed by atoms with van der Waals surface area (Å²) in [5, 5.41) is 9.08. The lowest BCUT2D eigenvalue weighted by molar-refractivity contribution is -0.159. The van der Waals surface area contributed by atoms with Crippen LogP contribution in [0.1, 0.15) is 19.8 Å². The summed E-state index contributed by atoms with van der Waals surface area (Å²) in [6, 6.07) is -0.298. The molecule has 3 unspecified atom stereocenters. The van der Waals surface area contributed by atoms with Crippen LogP contribution < -0.4 is 0 Å². The predicted octanol–water partition coefficient (Wildman–Crippen LogP) is 0.816. The normalized spacial score (nSPS) is 37.1. The Morgan fingerprint density at radius 1 is 1.53 bits per heavy atom. The van der Waals surface area contributed by atoms with Crippen molar-refractivity contribution in [2.45, 2.75) is 31.9 Å². The fourth-order valence-electron chi connectivity index (χ4n) is 3.11. The third-order valence-corrected chi connectivity index (χ3v) is 3.86. The van der Waals surface area contributed by atoms with Crippen LogP contribution in [0.15, 0.2) is 0 Å². The van der Waals surface area contributed by atoms with E-state index in [1.165, 1.54) is 6.42 Å². The molecule has 15 heavy (non-hydrogen) atoms. The second kappa shape index (κ2) is 4.10. The number of fused-ring (bicyclic) bond motifs is 2. The minimum atomic E-state index is -0.687. The van der Waals surface area contributed by atoms with Gasteiger partial charge in [0.05, 0.1) is 6.10 Å². The summed E-state index contributed by atoms with van der Waals surface area (Å²) in [6.45, 7) is 3.71. The van der Waals surface area contributed by atoms with Crippen molar-refractivity contribution in [2.75, 3.05) is 20.2 Å².